The molecule has 2 aliphatic rings. The van der Waals surface area contributed by atoms with Crippen molar-refractivity contribution in [3.8, 4) is 0 Å². The van der Waals surface area contributed by atoms with E-state index in [0.717, 1.165) is 10.5 Å². The van der Waals surface area contributed by atoms with E-state index in [9.17, 15) is 14.4 Å². The van der Waals surface area contributed by atoms with Gasteiger partial charge in [0, 0.05) is 18.9 Å². The van der Waals surface area contributed by atoms with Crippen molar-refractivity contribution in [2.75, 3.05) is 6.54 Å². The van der Waals surface area contributed by atoms with Crippen LogP contribution in [0.15, 0.2) is 60.9 Å². The molecule has 1 aromatic carbocycles. The number of carbonyl (C=O) groups excluding carboxylic acids is 3. The maximum absolute atomic E-state index is 13.2. The van der Waals surface area contributed by atoms with Gasteiger partial charge in [-0.1, -0.05) is 30.4 Å². The molecule has 2 aliphatic heterocycles. The molecule has 6 nitrogen and oxygen atoms in total. The summed E-state index contributed by atoms with van der Waals surface area (Å²) in [6.07, 6.45) is 8.08. The monoisotopic (exact) mass is 361 g/mol. The summed E-state index contributed by atoms with van der Waals surface area (Å²) in [6.45, 7) is 2.05. The molecule has 136 valence electrons. The van der Waals surface area contributed by atoms with Crippen LogP contribution >= 0.6 is 0 Å². The van der Waals surface area contributed by atoms with Crippen molar-refractivity contribution in [3.05, 3.63) is 77.6 Å². The highest BCUT2D eigenvalue weighted by molar-refractivity contribution is 6.22. The fourth-order valence-corrected chi connectivity index (χ4v) is 3.71. The Morgan fingerprint density at radius 3 is 2.41 bits per heavy atom. The predicted molar refractivity (Wildman–Crippen MR) is 98.9 cm³/mol. The van der Waals surface area contributed by atoms with Crippen molar-refractivity contribution >= 4 is 17.7 Å². The van der Waals surface area contributed by atoms with Crippen molar-refractivity contribution in [1.82, 2.24) is 14.8 Å². The molecule has 1 aromatic heterocycles. The van der Waals surface area contributed by atoms with E-state index in [1.54, 1.807) is 48.5 Å². The Morgan fingerprint density at radius 1 is 1.07 bits per heavy atom. The number of rotatable bonds is 3. The number of aromatic nitrogens is 1. The summed E-state index contributed by atoms with van der Waals surface area (Å²) in [5, 5.41) is 0. The first-order chi connectivity index (χ1) is 13.1. The van der Waals surface area contributed by atoms with Crippen LogP contribution < -0.4 is 0 Å². The van der Waals surface area contributed by atoms with E-state index in [-0.39, 0.29) is 11.9 Å². The normalized spacial score (nSPS) is 20.0. The fraction of sp³-hybridized carbons (Fsp3) is 0.238. The van der Waals surface area contributed by atoms with Gasteiger partial charge in [-0.25, -0.2) is 0 Å². The summed E-state index contributed by atoms with van der Waals surface area (Å²) in [4.78, 5) is 45.6. The lowest BCUT2D eigenvalue weighted by atomic mass is 9.99. The highest BCUT2D eigenvalue weighted by atomic mass is 16.2. The van der Waals surface area contributed by atoms with Crippen LogP contribution in [0, 0.1) is 0 Å². The minimum atomic E-state index is -0.872. The Kier molecular flexibility index (Phi) is 4.32. The average molecular weight is 361 g/mol. The number of pyridine rings is 1. The van der Waals surface area contributed by atoms with Crippen LogP contribution in [0.4, 0.5) is 0 Å². The Balaban J connectivity index is 1.61. The molecule has 0 radical (unpaired) electrons. The van der Waals surface area contributed by atoms with Gasteiger partial charge in [0.15, 0.2) is 0 Å². The van der Waals surface area contributed by atoms with Gasteiger partial charge in [-0.15, -0.1) is 0 Å². The molecule has 0 spiro atoms. The molecule has 4 rings (SSSR count). The number of benzene rings is 1. The van der Waals surface area contributed by atoms with Crippen molar-refractivity contribution in [2.45, 2.75) is 25.4 Å². The number of amides is 3. The zero-order valence-corrected chi connectivity index (χ0v) is 14.9. The van der Waals surface area contributed by atoms with Gasteiger partial charge in [-0.2, -0.15) is 0 Å². The minimum absolute atomic E-state index is 0.158. The van der Waals surface area contributed by atoms with Crippen LogP contribution in [-0.4, -0.2) is 45.1 Å². The lowest BCUT2D eigenvalue weighted by molar-refractivity contribution is -0.137. The summed E-state index contributed by atoms with van der Waals surface area (Å²) >= 11 is 0. The smallest absolute Gasteiger partial charge is 0.262 e. The van der Waals surface area contributed by atoms with Gasteiger partial charge in [-0.3, -0.25) is 24.3 Å². The van der Waals surface area contributed by atoms with E-state index in [0.29, 0.717) is 24.1 Å². The molecule has 0 bridgehead atoms. The van der Waals surface area contributed by atoms with Gasteiger partial charge in [0.25, 0.3) is 11.8 Å². The van der Waals surface area contributed by atoms with E-state index in [2.05, 4.69) is 4.98 Å². The van der Waals surface area contributed by atoms with E-state index >= 15 is 0 Å². The van der Waals surface area contributed by atoms with Crippen molar-refractivity contribution in [3.63, 3.8) is 0 Å². The van der Waals surface area contributed by atoms with Crippen molar-refractivity contribution in [1.29, 1.82) is 0 Å². The molecule has 2 aromatic rings. The van der Waals surface area contributed by atoms with Crippen molar-refractivity contribution < 1.29 is 14.4 Å². The fourth-order valence-electron chi connectivity index (χ4n) is 3.71. The Bertz CT molecular complexity index is 904. The van der Waals surface area contributed by atoms with Gasteiger partial charge >= 0.3 is 0 Å². The third-order valence-corrected chi connectivity index (χ3v) is 5.13. The summed E-state index contributed by atoms with van der Waals surface area (Å²) in [5.41, 5.74) is 1.64. The molecule has 3 amide bonds. The lowest BCUT2D eigenvalue weighted by Gasteiger charge is -2.36. The predicted octanol–water partition coefficient (Wildman–Crippen LogP) is 2.60. The second-order valence-electron chi connectivity index (χ2n) is 6.70. The molecule has 0 fully saturated rings. The number of fused-ring (bicyclic) bond motifs is 1. The summed E-state index contributed by atoms with van der Waals surface area (Å²) in [5.74, 6) is -1.08. The van der Waals surface area contributed by atoms with Gasteiger partial charge in [0.2, 0.25) is 5.91 Å². The maximum atomic E-state index is 13.2. The molecule has 6 heteroatoms. The number of hydrogen-bond donors (Lipinski definition) is 0. The van der Waals surface area contributed by atoms with Gasteiger partial charge < -0.3 is 4.90 Å². The lowest BCUT2D eigenvalue weighted by Crippen LogP contribution is -2.50. The molecule has 1 unspecified atom stereocenters. The molecule has 0 saturated heterocycles. The SMILES string of the molecule is C[C@@H](C(=O)N1CC=CCC1c1cccnc1)N1C(=O)c2ccccc2C1=O. The van der Waals surface area contributed by atoms with Gasteiger partial charge in [0.05, 0.1) is 17.2 Å². The second kappa shape index (κ2) is 6.79. The summed E-state index contributed by atoms with van der Waals surface area (Å²) in [7, 11) is 0. The first kappa shape index (κ1) is 17.1. The largest absolute Gasteiger partial charge is 0.330 e. The molecular weight excluding hydrogens is 342 g/mol. The number of carbonyl (C=O) groups is 3. The van der Waals surface area contributed by atoms with Crippen LogP contribution in [0.3, 0.4) is 0 Å². The molecular formula is C21H19N3O3. The number of hydrogen-bond acceptors (Lipinski definition) is 4. The highest BCUT2D eigenvalue weighted by Gasteiger charge is 2.42. The van der Waals surface area contributed by atoms with Crippen LogP contribution in [0.2, 0.25) is 0 Å². The molecule has 2 atom stereocenters. The van der Waals surface area contributed by atoms with Gasteiger partial charge in [0.1, 0.15) is 6.04 Å². The maximum Gasteiger partial charge on any atom is 0.262 e. The van der Waals surface area contributed by atoms with E-state index in [1.165, 1.54) is 0 Å². The zero-order valence-electron chi connectivity index (χ0n) is 14.9. The second-order valence-corrected chi connectivity index (χ2v) is 6.70. The van der Waals surface area contributed by atoms with Crippen LogP contribution in [0.1, 0.15) is 45.7 Å². The molecule has 0 saturated carbocycles. The zero-order chi connectivity index (χ0) is 19.0. The first-order valence-corrected chi connectivity index (χ1v) is 8.92. The van der Waals surface area contributed by atoms with Crippen LogP contribution in [0.5, 0.6) is 0 Å². The van der Waals surface area contributed by atoms with Gasteiger partial charge in [-0.05, 0) is 37.1 Å². The Labute approximate surface area is 157 Å². The van der Waals surface area contributed by atoms with E-state index < -0.39 is 17.9 Å². The topological polar surface area (TPSA) is 70.6 Å². The number of nitrogens with zero attached hydrogens (tertiary/aromatic N) is 3. The summed E-state index contributed by atoms with van der Waals surface area (Å²) in [6, 6.07) is 9.41. The molecule has 3 heterocycles. The average Bonchev–Trinajstić information content (AvgIpc) is 2.98. The minimum Gasteiger partial charge on any atom is -0.330 e. The summed E-state index contributed by atoms with van der Waals surface area (Å²) < 4.78 is 0. The Hall–Kier alpha value is -3.28. The molecule has 27 heavy (non-hydrogen) atoms. The van der Waals surface area contributed by atoms with Crippen LogP contribution in [0.25, 0.3) is 0 Å². The third kappa shape index (κ3) is 2.83. The quantitative estimate of drug-likeness (QED) is 0.622. The molecule has 0 N–H and O–H groups in total. The Morgan fingerprint density at radius 2 is 1.78 bits per heavy atom. The van der Waals surface area contributed by atoms with E-state index in [4.69, 9.17) is 0 Å². The standard InChI is InChI=1S/C21H19N3O3/c1-14(24-20(26)16-8-2-3-9-17(16)21(24)27)19(25)23-12-5-4-10-18(23)15-7-6-11-22-13-15/h2-9,11,13-14,18H,10,12H2,1H3/t14-,18?/m0/s1. The van der Waals surface area contributed by atoms with E-state index in [1.807, 2.05) is 24.3 Å². The number of imide groups is 1. The highest BCUT2D eigenvalue weighted by Crippen LogP contribution is 2.30. The van der Waals surface area contributed by atoms with Crippen LogP contribution in [-0.2, 0) is 4.79 Å². The third-order valence-electron chi connectivity index (χ3n) is 5.13. The first-order valence-electron chi connectivity index (χ1n) is 8.92. The molecule has 0 aliphatic carbocycles. The van der Waals surface area contributed by atoms with Crippen molar-refractivity contribution in [2.24, 2.45) is 0 Å².